The molecular weight excluding hydrogens is 194 g/mol. The Bertz CT molecular complexity index is 325. The van der Waals surface area contributed by atoms with Crippen LogP contribution in [0.15, 0.2) is 30.3 Å². The molecule has 0 bridgehead atoms. The van der Waals surface area contributed by atoms with E-state index in [0.717, 1.165) is 6.54 Å². The Morgan fingerprint density at radius 2 is 2.19 bits per heavy atom. The van der Waals surface area contributed by atoms with Gasteiger partial charge in [-0.2, -0.15) is 0 Å². The Kier molecular flexibility index (Phi) is 3.55. The van der Waals surface area contributed by atoms with Gasteiger partial charge in [-0.15, -0.1) is 0 Å². The molecule has 1 nitrogen and oxygen atoms in total. The molecule has 0 unspecified atom stereocenters. The quantitative estimate of drug-likeness (QED) is 0.745. The molecule has 0 spiro atoms. The lowest BCUT2D eigenvalue weighted by Crippen LogP contribution is -2.31. The van der Waals surface area contributed by atoms with E-state index in [0.29, 0.717) is 18.9 Å². The molecule has 0 aliphatic carbocycles. The molecule has 1 aliphatic rings. The highest BCUT2D eigenvalue weighted by atomic mass is 15.2. The molecule has 2 rings (SSSR count). The van der Waals surface area contributed by atoms with Crippen LogP contribution in [0, 0.1) is 5.92 Å². The summed E-state index contributed by atoms with van der Waals surface area (Å²) in [7, 11) is 0. The van der Waals surface area contributed by atoms with Crippen molar-refractivity contribution in [2.24, 2.45) is 5.92 Å². The van der Waals surface area contributed by atoms with Gasteiger partial charge in [0.25, 0.3) is 0 Å². The maximum Gasteiger partial charge on any atom is 0.0236 e. The highest BCUT2D eigenvalue weighted by Gasteiger charge is 2.29. The van der Waals surface area contributed by atoms with E-state index in [2.05, 4.69) is 42.2 Å². The Morgan fingerprint density at radius 3 is 2.88 bits per heavy atom. The lowest BCUT2D eigenvalue weighted by atomic mass is 9.98. The fraction of sp³-hybridized carbons (Fsp3) is 0.600. The van der Waals surface area contributed by atoms with Crippen LogP contribution in [0.4, 0.5) is 0 Å². The van der Waals surface area contributed by atoms with Gasteiger partial charge >= 0.3 is 0 Å². The molecule has 1 heteroatoms. The molecule has 1 heterocycles. The second-order valence-corrected chi connectivity index (χ2v) is 4.86. The topological polar surface area (TPSA) is 3.24 Å². The van der Waals surface area contributed by atoms with Gasteiger partial charge in [-0.05, 0) is 30.9 Å². The minimum atomic E-state index is 0.593. The van der Waals surface area contributed by atoms with Crippen molar-refractivity contribution >= 4 is 0 Å². The summed E-state index contributed by atoms with van der Waals surface area (Å²) in [6.07, 6.45) is 3.68. The monoisotopic (exact) mass is 218 g/mol. The Morgan fingerprint density at radius 1 is 1.38 bits per heavy atom. The molecule has 16 heavy (non-hydrogen) atoms. The number of hydrogen-bond acceptors (Lipinski definition) is 1. The summed E-state index contributed by atoms with van der Waals surface area (Å²) in [5.74, 6) is 0.596. The average Bonchev–Trinajstić information content (AvgIpc) is 2.74. The molecule has 0 aromatic heterocycles. The highest BCUT2D eigenvalue weighted by molar-refractivity contribution is 5.14. The van der Waals surface area contributed by atoms with Gasteiger partial charge in [-0.1, -0.05) is 50.6 Å². The zero-order chi connectivity index (χ0) is 12.1. The van der Waals surface area contributed by atoms with E-state index >= 15 is 0 Å². The normalized spacial score (nSPS) is 26.9. The van der Waals surface area contributed by atoms with Crippen LogP contribution < -0.4 is 0 Å². The Hall–Kier alpha value is -0.820. The zero-order valence-electron chi connectivity index (χ0n) is 11.2. The van der Waals surface area contributed by atoms with E-state index in [1.54, 1.807) is 0 Å². The Balaban J connectivity index is 2.00. The molecule has 1 fully saturated rings. The second kappa shape index (κ2) is 5.49. The first-order valence-electron chi connectivity index (χ1n) is 7.13. The smallest absolute Gasteiger partial charge is 0.0236 e. The molecule has 0 radical (unpaired) electrons. The lowest BCUT2D eigenvalue weighted by molar-refractivity contribution is 0.210. The van der Waals surface area contributed by atoms with Crippen LogP contribution in [0.3, 0.4) is 0 Å². The van der Waals surface area contributed by atoms with Crippen molar-refractivity contribution in [3.8, 4) is 0 Å². The van der Waals surface area contributed by atoms with Crippen molar-refractivity contribution in [1.29, 1.82) is 0 Å². The third-order valence-electron chi connectivity index (χ3n) is 3.61. The first kappa shape index (κ1) is 10.3. The fourth-order valence-corrected chi connectivity index (χ4v) is 2.72. The molecule has 0 saturated carbocycles. The number of nitrogens with zero attached hydrogens (tertiary/aromatic N) is 1. The van der Waals surface area contributed by atoms with Gasteiger partial charge in [0.1, 0.15) is 0 Å². The minimum absolute atomic E-state index is 0.593. The molecule has 0 amide bonds. The lowest BCUT2D eigenvalue weighted by Gasteiger charge is -2.26. The summed E-state index contributed by atoms with van der Waals surface area (Å²) < 4.78 is 7.65. The Labute approximate surface area is 101 Å². The summed E-state index contributed by atoms with van der Waals surface area (Å²) >= 11 is 0. The van der Waals surface area contributed by atoms with Crippen molar-refractivity contribution in [3.05, 3.63) is 35.9 Å². The molecule has 1 aromatic carbocycles. The molecule has 1 aliphatic heterocycles. The number of hydrogen-bond donors (Lipinski definition) is 0. The molecule has 88 valence electrons. The van der Waals surface area contributed by atoms with Crippen LogP contribution in [-0.2, 0) is 6.54 Å². The predicted molar refractivity (Wildman–Crippen MR) is 69.3 cm³/mol. The zero-order valence-corrected chi connectivity index (χ0v) is 10.2. The van der Waals surface area contributed by atoms with E-state index in [1.807, 2.05) is 0 Å². The summed E-state index contributed by atoms with van der Waals surface area (Å²) in [5.41, 5.74) is 1.40. The fourth-order valence-electron chi connectivity index (χ4n) is 2.72. The van der Waals surface area contributed by atoms with E-state index in [-0.39, 0.29) is 0 Å². The standard InChI is InChI=1S/C15H23N/c1-3-7-15-13(2)10-11-16(15)12-14-8-5-4-6-9-14/h4-6,8-9,13,15H,3,7,10-12H2,1-2H3/t13-,15-/m0/s1/i2D. The summed E-state index contributed by atoms with van der Waals surface area (Å²) in [5, 5.41) is 0. The number of benzene rings is 1. The van der Waals surface area contributed by atoms with Gasteiger partial charge in [-0.25, -0.2) is 0 Å². The van der Waals surface area contributed by atoms with Gasteiger partial charge in [0.2, 0.25) is 0 Å². The van der Waals surface area contributed by atoms with Crippen molar-refractivity contribution in [3.63, 3.8) is 0 Å². The summed E-state index contributed by atoms with van der Waals surface area (Å²) in [6.45, 7) is 5.07. The number of likely N-dealkylation sites (tertiary alicyclic amines) is 1. The van der Waals surface area contributed by atoms with E-state index in [4.69, 9.17) is 1.37 Å². The number of rotatable bonds is 4. The van der Waals surface area contributed by atoms with E-state index in [9.17, 15) is 0 Å². The third kappa shape index (κ3) is 2.65. The summed E-state index contributed by atoms with van der Waals surface area (Å²) in [6, 6.07) is 11.3. The van der Waals surface area contributed by atoms with Crippen LogP contribution in [-0.4, -0.2) is 17.5 Å². The van der Waals surface area contributed by atoms with Crippen molar-refractivity contribution in [1.82, 2.24) is 4.90 Å². The van der Waals surface area contributed by atoms with Crippen LogP contribution >= 0.6 is 0 Å². The molecule has 0 N–H and O–H groups in total. The SMILES string of the molecule is [2H]C[C@H]1CCN(Cc2ccccc2)[C@H]1CCC. The van der Waals surface area contributed by atoms with Crippen molar-refractivity contribution in [2.45, 2.75) is 45.7 Å². The molecule has 2 atom stereocenters. The minimum Gasteiger partial charge on any atom is -0.296 e. The molecule has 1 aromatic rings. The first-order chi connectivity index (χ1) is 8.35. The highest BCUT2D eigenvalue weighted by Crippen LogP contribution is 2.28. The van der Waals surface area contributed by atoms with Gasteiger partial charge in [0.15, 0.2) is 0 Å². The van der Waals surface area contributed by atoms with Gasteiger partial charge in [-0.3, -0.25) is 4.90 Å². The maximum atomic E-state index is 7.65. The van der Waals surface area contributed by atoms with Crippen LogP contribution in [0.25, 0.3) is 0 Å². The average molecular weight is 218 g/mol. The predicted octanol–water partition coefficient (Wildman–Crippen LogP) is 3.70. The van der Waals surface area contributed by atoms with Gasteiger partial charge < -0.3 is 0 Å². The first-order valence-corrected chi connectivity index (χ1v) is 6.42. The summed E-state index contributed by atoms with van der Waals surface area (Å²) in [4.78, 5) is 2.58. The molecule has 1 saturated heterocycles. The van der Waals surface area contributed by atoms with E-state index in [1.165, 1.54) is 31.4 Å². The van der Waals surface area contributed by atoms with Crippen molar-refractivity contribution < 1.29 is 1.37 Å². The largest absolute Gasteiger partial charge is 0.296 e. The maximum absolute atomic E-state index is 7.65. The second-order valence-electron chi connectivity index (χ2n) is 4.86. The van der Waals surface area contributed by atoms with Crippen molar-refractivity contribution in [2.75, 3.05) is 6.54 Å². The van der Waals surface area contributed by atoms with Gasteiger partial charge in [0.05, 0.1) is 0 Å². The third-order valence-corrected chi connectivity index (χ3v) is 3.61. The van der Waals surface area contributed by atoms with E-state index < -0.39 is 0 Å². The van der Waals surface area contributed by atoms with Crippen LogP contribution in [0.1, 0.15) is 40.0 Å². The molecular formula is C15H23N. The van der Waals surface area contributed by atoms with Crippen LogP contribution in [0.5, 0.6) is 0 Å². The van der Waals surface area contributed by atoms with Crippen LogP contribution in [0.2, 0.25) is 0 Å². The van der Waals surface area contributed by atoms with Gasteiger partial charge in [0, 0.05) is 14.0 Å².